The summed E-state index contributed by atoms with van der Waals surface area (Å²) in [5.74, 6) is 0. The Hall–Kier alpha value is -0.980. The standard InChI is InChI=1S/C9H14N3O2S/c1-6-4-8(7(2)10)11-5-9(6)12-15(13)14-3/h4-5,7H,10H2,1-3H3/q-1/t7-/m1/s1. The Morgan fingerprint density at radius 2 is 2.33 bits per heavy atom. The van der Waals surface area contributed by atoms with Crippen molar-refractivity contribution in [2.45, 2.75) is 19.9 Å². The van der Waals surface area contributed by atoms with Crippen molar-refractivity contribution in [3.05, 3.63) is 23.5 Å². The minimum atomic E-state index is -1.65. The summed E-state index contributed by atoms with van der Waals surface area (Å²) in [6, 6.07) is 1.71. The monoisotopic (exact) mass is 228 g/mol. The van der Waals surface area contributed by atoms with Crippen LogP contribution in [0.5, 0.6) is 0 Å². The van der Waals surface area contributed by atoms with Crippen LogP contribution in [0.4, 0.5) is 5.69 Å². The van der Waals surface area contributed by atoms with Gasteiger partial charge < -0.3 is 18.5 Å². The van der Waals surface area contributed by atoms with Gasteiger partial charge in [-0.05, 0) is 25.5 Å². The number of aryl methyl sites for hydroxylation is 1. The predicted octanol–water partition coefficient (Wildman–Crippen LogP) is 1.75. The zero-order chi connectivity index (χ0) is 11.4. The summed E-state index contributed by atoms with van der Waals surface area (Å²) in [5, 5.41) is 0. The molecule has 1 atom stereocenters. The molecule has 1 rings (SSSR count). The first-order chi connectivity index (χ1) is 7.04. The van der Waals surface area contributed by atoms with E-state index in [1.54, 1.807) is 6.20 Å². The molecule has 0 bridgehead atoms. The first-order valence-electron chi connectivity index (χ1n) is 4.44. The zero-order valence-electron chi connectivity index (χ0n) is 8.93. The Balaban J connectivity index is 3.09. The van der Waals surface area contributed by atoms with E-state index in [2.05, 4.69) is 13.5 Å². The van der Waals surface area contributed by atoms with Crippen LogP contribution in [-0.4, -0.2) is 12.1 Å². The van der Waals surface area contributed by atoms with Crippen LogP contribution in [0.2, 0.25) is 0 Å². The highest BCUT2D eigenvalue weighted by Crippen LogP contribution is 2.20. The first kappa shape index (κ1) is 12.1. The van der Waals surface area contributed by atoms with Crippen molar-refractivity contribution in [1.29, 1.82) is 0 Å². The predicted molar refractivity (Wildman–Crippen MR) is 58.7 cm³/mol. The Labute approximate surface area is 91.1 Å². The highest BCUT2D eigenvalue weighted by Gasteiger charge is 2.02. The van der Waals surface area contributed by atoms with Crippen molar-refractivity contribution in [2.24, 2.45) is 10.1 Å². The van der Waals surface area contributed by atoms with E-state index in [4.69, 9.17) is 5.73 Å². The summed E-state index contributed by atoms with van der Waals surface area (Å²) in [6.45, 7) is 3.71. The van der Waals surface area contributed by atoms with Crippen molar-refractivity contribution in [3.8, 4) is 0 Å². The molecule has 0 aliphatic rings. The lowest BCUT2D eigenvalue weighted by Gasteiger charge is -2.09. The average molecular weight is 228 g/mol. The molecule has 1 heterocycles. The fraction of sp³-hybridized carbons (Fsp3) is 0.444. The van der Waals surface area contributed by atoms with Gasteiger partial charge in [0.1, 0.15) is 0 Å². The molecule has 0 spiro atoms. The number of pyridine rings is 1. The van der Waals surface area contributed by atoms with Gasteiger partial charge in [0.15, 0.2) is 0 Å². The van der Waals surface area contributed by atoms with Crippen LogP contribution >= 0.6 is 0 Å². The molecule has 0 saturated carbocycles. The van der Waals surface area contributed by atoms with Gasteiger partial charge in [-0.25, -0.2) is 0 Å². The Bertz CT molecular complexity index is 425. The Morgan fingerprint density at radius 3 is 2.80 bits per heavy atom. The SMILES string of the molecule is CO[S-](=O)=Nc1cnc([C@@H](C)N)cc1C. The molecule has 0 unspecified atom stereocenters. The topological polar surface area (TPSA) is 77.6 Å². The van der Waals surface area contributed by atoms with Gasteiger partial charge in [-0.3, -0.25) is 4.98 Å². The molecule has 1 aromatic rings. The number of hydrogen-bond acceptors (Lipinski definition) is 6. The largest absolute Gasteiger partial charge is 0.441 e. The molecule has 0 saturated heterocycles. The molecule has 84 valence electrons. The number of nitrogens with zero attached hydrogens (tertiary/aromatic N) is 2. The summed E-state index contributed by atoms with van der Waals surface area (Å²) < 4.78 is 19.4. The maximum Gasteiger partial charge on any atom is 0.0600 e. The molecule has 0 aliphatic carbocycles. The summed E-state index contributed by atoms with van der Waals surface area (Å²) in [4.78, 5) is 4.12. The molecule has 0 amide bonds. The lowest BCUT2D eigenvalue weighted by Crippen LogP contribution is -2.07. The Morgan fingerprint density at radius 1 is 1.67 bits per heavy atom. The van der Waals surface area contributed by atoms with Crippen LogP contribution in [-0.2, 0) is 19.3 Å². The fourth-order valence-corrected chi connectivity index (χ4v) is 1.46. The lowest BCUT2D eigenvalue weighted by molar-refractivity contribution is 0.438. The highest BCUT2D eigenvalue weighted by molar-refractivity contribution is 7.69. The zero-order valence-corrected chi connectivity index (χ0v) is 9.75. The third-order valence-corrected chi connectivity index (χ3v) is 2.52. The van der Waals surface area contributed by atoms with E-state index in [9.17, 15) is 4.21 Å². The van der Waals surface area contributed by atoms with Gasteiger partial charge in [-0.2, -0.15) is 0 Å². The fourth-order valence-electron chi connectivity index (χ4n) is 1.03. The van der Waals surface area contributed by atoms with E-state index in [0.29, 0.717) is 5.69 Å². The highest BCUT2D eigenvalue weighted by atomic mass is 32.2. The van der Waals surface area contributed by atoms with Gasteiger partial charge in [-0.15, -0.1) is 0 Å². The van der Waals surface area contributed by atoms with E-state index in [1.807, 2.05) is 19.9 Å². The molecule has 0 aromatic carbocycles. The summed E-state index contributed by atoms with van der Waals surface area (Å²) >= 11 is 0. The summed E-state index contributed by atoms with van der Waals surface area (Å²) in [7, 11) is -0.320. The maximum atomic E-state index is 11.0. The molecule has 6 heteroatoms. The number of rotatable bonds is 3. The molecular weight excluding hydrogens is 214 g/mol. The molecule has 5 nitrogen and oxygen atoms in total. The van der Waals surface area contributed by atoms with Crippen LogP contribution < -0.4 is 5.73 Å². The molecule has 0 fully saturated rings. The first-order valence-corrected chi connectivity index (χ1v) is 5.48. The molecule has 0 radical (unpaired) electrons. The van der Waals surface area contributed by atoms with Crippen molar-refractivity contribution in [3.63, 3.8) is 0 Å². The Kier molecular flexibility index (Phi) is 4.19. The van der Waals surface area contributed by atoms with Gasteiger partial charge in [-0.1, -0.05) is 10.9 Å². The van der Waals surface area contributed by atoms with Crippen molar-refractivity contribution in [1.82, 2.24) is 4.98 Å². The third-order valence-electron chi connectivity index (χ3n) is 1.89. The number of nitrogens with two attached hydrogens (primary N) is 1. The second-order valence-corrected chi connectivity index (χ2v) is 4.11. The molecule has 2 N–H and O–H groups in total. The molecule has 0 aliphatic heterocycles. The average Bonchev–Trinajstić information content (AvgIpc) is 2.20. The smallest absolute Gasteiger partial charge is 0.0600 e. The lowest BCUT2D eigenvalue weighted by atomic mass is 10.1. The normalized spacial score (nSPS) is 15.2. The van der Waals surface area contributed by atoms with Crippen molar-refractivity contribution < 1.29 is 8.39 Å². The van der Waals surface area contributed by atoms with Crippen LogP contribution in [0.25, 0.3) is 0 Å². The minimum Gasteiger partial charge on any atom is -0.441 e. The van der Waals surface area contributed by atoms with Gasteiger partial charge in [0.25, 0.3) is 0 Å². The molecular formula is C9H14N3O2S-. The second-order valence-electron chi connectivity index (χ2n) is 3.16. The van der Waals surface area contributed by atoms with Crippen LogP contribution in [0, 0.1) is 6.92 Å². The number of hydrogen-bond donors (Lipinski definition) is 1. The van der Waals surface area contributed by atoms with Gasteiger partial charge >= 0.3 is 0 Å². The third kappa shape index (κ3) is 3.26. The van der Waals surface area contributed by atoms with Crippen LogP contribution in [0.3, 0.4) is 0 Å². The second kappa shape index (κ2) is 5.20. The molecule has 15 heavy (non-hydrogen) atoms. The summed E-state index contributed by atoms with van der Waals surface area (Å²) in [5.41, 5.74) is 7.90. The molecule has 1 aromatic heterocycles. The number of aromatic nitrogens is 1. The van der Waals surface area contributed by atoms with E-state index in [-0.39, 0.29) is 6.04 Å². The van der Waals surface area contributed by atoms with E-state index < -0.39 is 10.9 Å². The van der Waals surface area contributed by atoms with Gasteiger partial charge in [0, 0.05) is 13.2 Å². The van der Waals surface area contributed by atoms with E-state index in [1.165, 1.54) is 7.11 Å². The van der Waals surface area contributed by atoms with Crippen LogP contribution in [0.1, 0.15) is 24.2 Å². The quantitative estimate of drug-likeness (QED) is 0.799. The van der Waals surface area contributed by atoms with Crippen LogP contribution in [0.15, 0.2) is 16.6 Å². The maximum absolute atomic E-state index is 11.0. The van der Waals surface area contributed by atoms with E-state index in [0.717, 1.165) is 11.3 Å². The van der Waals surface area contributed by atoms with Crippen molar-refractivity contribution in [2.75, 3.05) is 7.11 Å². The minimum absolute atomic E-state index is 0.120. The van der Waals surface area contributed by atoms with Gasteiger partial charge in [0.05, 0.1) is 17.6 Å². The van der Waals surface area contributed by atoms with E-state index >= 15 is 0 Å². The summed E-state index contributed by atoms with van der Waals surface area (Å²) in [6.07, 6.45) is 1.55. The van der Waals surface area contributed by atoms with Gasteiger partial charge in [0.2, 0.25) is 0 Å². The van der Waals surface area contributed by atoms with Crippen molar-refractivity contribution >= 4 is 16.6 Å².